The summed E-state index contributed by atoms with van der Waals surface area (Å²) in [5, 5.41) is 6.26. The molecule has 3 nitrogen and oxygen atoms in total. The summed E-state index contributed by atoms with van der Waals surface area (Å²) in [5.74, 6) is 0.121. The highest BCUT2D eigenvalue weighted by atomic mass is 32.1. The van der Waals surface area contributed by atoms with Crippen LogP contribution in [0.15, 0.2) is 47.8 Å². The van der Waals surface area contributed by atoms with Crippen molar-refractivity contribution in [2.75, 3.05) is 5.32 Å². The monoisotopic (exact) mass is 336 g/mol. The first-order valence-electron chi connectivity index (χ1n) is 8.41. The van der Waals surface area contributed by atoms with Gasteiger partial charge in [-0.2, -0.15) is 0 Å². The summed E-state index contributed by atoms with van der Waals surface area (Å²) in [6.45, 7) is 1.98. The minimum Gasteiger partial charge on any atom is -0.325 e. The van der Waals surface area contributed by atoms with Crippen molar-refractivity contribution >= 4 is 33.8 Å². The van der Waals surface area contributed by atoms with E-state index < -0.39 is 0 Å². The number of aromatic nitrogens is 1. The fourth-order valence-electron chi connectivity index (χ4n) is 3.72. The van der Waals surface area contributed by atoms with E-state index in [4.69, 9.17) is 0 Å². The lowest BCUT2D eigenvalue weighted by atomic mass is 9.83. The number of fused-ring (bicyclic) bond motifs is 1. The standard InChI is InChI=1S/C20H20N2OS/c1-14-9-10-15-16(21-14)6-4-7-17(15)22-19(23)20(11-2-3-12-20)18-8-5-13-24-18/h4-10,13H,2-3,11-12H2,1H3,(H,22,23). The SMILES string of the molecule is Cc1ccc2c(NC(=O)C3(c4cccs4)CCCC3)cccc2n1. The first-order chi connectivity index (χ1) is 11.7. The number of anilines is 1. The van der Waals surface area contributed by atoms with E-state index in [9.17, 15) is 4.79 Å². The van der Waals surface area contributed by atoms with E-state index in [1.54, 1.807) is 11.3 Å². The summed E-state index contributed by atoms with van der Waals surface area (Å²) in [7, 11) is 0. The number of hydrogen-bond acceptors (Lipinski definition) is 3. The molecule has 1 saturated carbocycles. The molecule has 0 spiro atoms. The molecular weight excluding hydrogens is 316 g/mol. The summed E-state index contributed by atoms with van der Waals surface area (Å²) >= 11 is 1.69. The number of nitrogens with zero attached hydrogens (tertiary/aromatic N) is 1. The molecule has 0 radical (unpaired) electrons. The predicted octanol–water partition coefficient (Wildman–Crippen LogP) is 5.06. The zero-order valence-corrected chi connectivity index (χ0v) is 14.5. The molecule has 0 bridgehead atoms. The maximum atomic E-state index is 13.2. The van der Waals surface area contributed by atoms with E-state index in [2.05, 4.69) is 21.7 Å². The van der Waals surface area contributed by atoms with Crippen molar-refractivity contribution in [2.45, 2.75) is 38.0 Å². The van der Waals surface area contributed by atoms with Gasteiger partial charge in [-0.15, -0.1) is 11.3 Å². The maximum absolute atomic E-state index is 13.2. The second-order valence-electron chi connectivity index (χ2n) is 6.55. The highest BCUT2D eigenvalue weighted by Crippen LogP contribution is 2.44. The minimum atomic E-state index is -0.367. The van der Waals surface area contributed by atoms with Crippen LogP contribution in [-0.4, -0.2) is 10.9 Å². The van der Waals surface area contributed by atoms with Crippen molar-refractivity contribution in [3.63, 3.8) is 0 Å². The normalized spacial score (nSPS) is 16.4. The Morgan fingerprint density at radius 3 is 2.71 bits per heavy atom. The molecule has 1 aromatic carbocycles. The first-order valence-corrected chi connectivity index (χ1v) is 9.29. The molecule has 1 N–H and O–H groups in total. The fraction of sp³-hybridized carbons (Fsp3) is 0.300. The van der Waals surface area contributed by atoms with Crippen LogP contribution in [0.25, 0.3) is 10.9 Å². The highest BCUT2D eigenvalue weighted by molar-refractivity contribution is 7.10. The lowest BCUT2D eigenvalue weighted by molar-refractivity contribution is -0.121. The zero-order valence-electron chi connectivity index (χ0n) is 13.7. The molecule has 1 aliphatic rings. The van der Waals surface area contributed by atoms with E-state index in [0.29, 0.717) is 0 Å². The summed E-state index contributed by atoms with van der Waals surface area (Å²) in [6, 6.07) is 14.1. The van der Waals surface area contributed by atoms with Crippen LogP contribution in [0, 0.1) is 6.92 Å². The Balaban J connectivity index is 1.71. The van der Waals surface area contributed by atoms with E-state index in [1.165, 1.54) is 4.88 Å². The number of carbonyl (C=O) groups excluding carboxylic acids is 1. The fourth-order valence-corrected chi connectivity index (χ4v) is 4.71. The number of benzene rings is 1. The van der Waals surface area contributed by atoms with Crippen molar-refractivity contribution in [1.82, 2.24) is 4.98 Å². The highest BCUT2D eigenvalue weighted by Gasteiger charge is 2.43. The topological polar surface area (TPSA) is 42.0 Å². The Bertz CT molecular complexity index is 880. The van der Waals surface area contributed by atoms with E-state index in [1.807, 2.05) is 43.3 Å². The lowest BCUT2D eigenvalue weighted by Crippen LogP contribution is -2.37. The average molecular weight is 336 g/mol. The molecule has 4 heteroatoms. The Hall–Kier alpha value is -2.20. The van der Waals surface area contributed by atoms with Crippen LogP contribution < -0.4 is 5.32 Å². The Morgan fingerprint density at radius 2 is 1.96 bits per heavy atom. The van der Waals surface area contributed by atoms with Crippen LogP contribution in [0.1, 0.15) is 36.3 Å². The van der Waals surface area contributed by atoms with Crippen molar-refractivity contribution < 1.29 is 4.79 Å². The van der Waals surface area contributed by atoms with Gasteiger partial charge >= 0.3 is 0 Å². The van der Waals surface area contributed by atoms with Crippen LogP contribution in [0.4, 0.5) is 5.69 Å². The lowest BCUT2D eigenvalue weighted by Gasteiger charge is -2.27. The molecule has 1 aliphatic carbocycles. The van der Waals surface area contributed by atoms with Gasteiger partial charge < -0.3 is 5.32 Å². The number of rotatable bonds is 3. The third kappa shape index (κ3) is 2.51. The molecule has 0 unspecified atom stereocenters. The summed E-state index contributed by atoms with van der Waals surface area (Å²) in [6.07, 6.45) is 4.09. The van der Waals surface area contributed by atoms with Crippen LogP contribution in [-0.2, 0) is 10.2 Å². The molecule has 4 rings (SSSR count). The Morgan fingerprint density at radius 1 is 1.12 bits per heavy atom. The van der Waals surface area contributed by atoms with Crippen LogP contribution in [0.5, 0.6) is 0 Å². The summed E-state index contributed by atoms with van der Waals surface area (Å²) < 4.78 is 0. The molecule has 3 aromatic rings. The number of nitrogens with one attached hydrogen (secondary N) is 1. The number of pyridine rings is 1. The van der Waals surface area contributed by atoms with Gasteiger partial charge in [0, 0.05) is 16.0 Å². The third-order valence-electron chi connectivity index (χ3n) is 5.00. The second-order valence-corrected chi connectivity index (χ2v) is 7.49. The van der Waals surface area contributed by atoms with E-state index in [0.717, 1.165) is 48.0 Å². The second kappa shape index (κ2) is 6.02. The van der Waals surface area contributed by atoms with Gasteiger partial charge in [-0.25, -0.2) is 0 Å². The van der Waals surface area contributed by atoms with Crippen LogP contribution >= 0.6 is 11.3 Å². The molecule has 0 saturated heterocycles. The molecule has 1 fully saturated rings. The molecule has 1 amide bonds. The van der Waals surface area contributed by atoms with Gasteiger partial charge in [-0.05, 0) is 55.5 Å². The quantitative estimate of drug-likeness (QED) is 0.727. The van der Waals surface area contributed by atoms with Gasteiger partial charge in [0.1, 0.15) is 0 Å². The summed E-state index contributed by atoms with van der Waals surface area (Å²) in [5.41, 5.74) is 2.39. The van der Waals surface area contributed by atoms with E-state index in [-0.39, 0.29) is 11.3 Å². The van der Waals surface area contributed by atoms with Gasteiger partial charge in [-0.1, -0.05) is 25.0 Å². The molecule has 0 atom stereocenters. The number of hydrogen-bond donors (Lipinski definition) is 1. The van der Waals surface area contributed by atoms with Gasteiger partial charge in [0.05, 0.1) is 16.6 Å². The van der Waals surface area contributed by atoms with Gasteiger partial charge in [0.15, 0.2) is 0 Å². The first kappa shape index (κ1) is 15.3. The van der Waals surface area contributed by atoms with Crippen molar-refractivity contribution in [2.24, 2.45) is 0 Å². The predicted molar refractivity (Wildman–Crippen MR) is 99.6 cm³/mol. The Labute approximate surface area is 145 Å². The van der Waals surface area contributed by atoms with E-state index >= 15 is 0 Å². The average Bonchev–Trinajstić information content (AvgIpc) is 3.27. The van der Waals surface area contributed by atoms with Gasteiger partial charge in [-0.3, -0.25) is 9.78 Å². The smallest absolute Gasteiger partial charge is 0.235 e. The van der Waals surface area contributed by atoms with Crippen molar-refractivity contribution in [1.29, 1.82) is 0 Å². The number of amides is 1. The molecule has 2 heterocycles. The molecule has 2 aromatic heterocycles. The van der Waals surface area contributed by atoms with Crippen LogP contribution in [0.3, 0.4) is 0 Å². The summed E-state index contributed by atoms with van der Waals surface area (Å²) in [4.78, 5) is 19.0. The molecule has 24 heavy (non-hydrogen) atoms. The number of carbonyl (C=O) groups is 1. The molecular formula is C20H20N2OS. The molecule has 0 aliphatic heterocycles. The maximum Gasteiger partial charge on any atom is 0.235 e. The van der Waals surface area contributed by atoms with Crippen LogP contribution in [0.2, 0.25) is 0 Å². The number of aryl methyl sites for hydroxylation is 1. The zero-order chi connectivity index (χ0) is 16.6. The molecule has 122 valence electrons. The third-order valence-corrected chi connectivity index (χ3v) is 6.08. The Kier molecular flexibility index (Phi) is 3.85. The van der Waals surface area contributed by atoms with Crippen molar-refractivity contribution in [3.05, 3.63) is 58.4 Å². The van der Waals surface area contributed by atoms with Crippen molar-refractivity contribution in [3.8, 4) is 0 Å². The number of thiophene rings is 1. The van der Waals surface area contributed by atoms with Gasteiger partial charge in [0.2, 0.25) is 5.91 Å². The van der Waals surface area contributed by atoms with Gasteiger partial charge in [0.25, 0.3) is 0 Å². The minimum absolute atomic E-state index is 0.121. The largest absolute Gasteiger partial charge is 0.325 e.